The van der Waals surface area contributed by atoms with Crippen LogP contribution in [0.1, 0.15) is 20.8 Å². The molecule has 0 unspecified atom stereocenters. The van der Waals surface area contributed by atoms with E-state index in [1.165, 1.54) is 6.92 Å². The Morgan fingerprint density at radius 1 is 1.64 bits per heavy atom. The quantitative estimate of drug-likeness (QED) is 0.495. The zero-order chi connectivity index (χ0) is 11.1. The van der Waals surface area contributed by atoms with Crippen molar-refractivity contribution in [2.75, 3.05) is 13.7 Å². The summed E-state index contributed by atoms with van der Waals surface area (Å²) in [5.41, 5.74) is 5.64. The third-order valence-corrected chi connectivity index (χ3v) is 2.40. The van der Waals surface area contributed by atoms with E-state index < -0.39 is 6.04 Å². The maximum absolute atomic E-state index is 11.0. The first-order valence-corrected chi connectivity index (χ1v) is 5.36. The molecule has 0 aromatic rings. The minimum atomic E-state index is -0.451. The molecule has 0 aromatic heterocycles. The molecule has 6 heteroatoms. The summed E-state index contributed by atoms with van der Waals surface area (Å²) in [6, 6.07) is -0.451. The predicted octanol–water partition coefficient (Wildman–Crippen LogP) is 0.442. The third kappa shape index (κ3) is 6.42. The fourth-order valence-electron chi connectivity index (χ4n) is 0.822. The van der Waals surface area contributed by atoms with Crippen LogP contribution in [0.2, 0.25) is 0 Å². The highest BCUT2D eigenvalue weighted by Gasteiger charge is 2.16. The van der Waals surface area contributed by atoms with Gasteiger partial charge >= 0.3 is 7.62 Å². The topological polar surface area (TPSA) is 55.6 Å². The Hall–Kier alpha value is -0.0351. The third-order valence-electron chi connectivity index (χ3n) is 1.47. The number of ketones is 1. The molecular formula is C8H18BN2O2S. The van der Waals surface area contributed by atoms with Crippen molar-refractivity contribution in [3.8, 4) is 0 Å². The monoisotopic (exact) mass is 217 g/mol. The van der Waals surface area contributed by atoms with Crippen molar-refractivity contribution in [1.29, 1.82) is 0 Å². The average Bonchev–Trinajstić information content (AvgIpc) is 2.02. The summed E-state index contributed by atoms with van der Waals surface area (Å²) in [6.07, 6.45) is 0. The van der Waals surface area contributed by atoms with E-state index in [2.05, 4.69) is 13.8 Å². The van der Waals surface area contributed by atoms with E-state index >= 15 is 0 Å². The van der Waals surface area contributed by atoms with Crippen LogP contribution in [0, 0.1) is 0 Å². The predicted molar refractivity (Wildman–Crippen MR) is 60.9 cm³/mol. The highest BCUT2D eigenvalue weighted by molar-refractivity contribution is 7.98. The molecule has 0 amide bonds. The highest BCUT2D eigenvalue weighted by atomic mass is 32.2. The molecule has 14 heavy (non-hydrogen) atoms. The van der Waals surface area contributed by atoms with Crippen LogP contribution in [0.4, 0.5) is 0 Å². The van der Waals surface area contributed by atoms with Crippen LogP contribution in [-0.4, -0.2) is 42.6 Å². The van der Waals surface area contributed by atoms with E-state index in [0.29, 0.717) is 11.8 Å². The first kappa shape index (κ1) is 14.0. The molecule has 0 aliphatic heterocycles. The Balaban J connectivity index is 4.01. The Kier molecular flexibility index (Phi) is 7.26. The van der Waals surface area contributed by atoms with Gasteiger partial charge in [-0.05, 0) is 6.92 Å². The van der Waals surface area contributed by atoms with Crippen LogP contribution < -0.4 is 5.73 Å². The van der Waals surface area contributed by atoms with Crippen molar-refractivity contribution in [3.63, 3.8) is 0 Å². The van der Waals surface area contributed by atoms with Crippen LogP contribution >= 0.6 is 11.9 Å². The van der Waals surface area contributed by atoms with Crippen LogP contribution in [0.15, 0.2) is 0 Å². The largest absolute Gasteiger partial charge is 0.426 e. The summed E-state index contributed by atoms with van der Waals surface area (Å²) in [5, 5.41) is 0.431. The molecule has 0 saturated heterocycles. The zero-order valence-electron chi connectivity index (χ0n) is 9.19. The Morgan fingerprint density at radius 2 is 2.21 bits per heavy atom. The molecule has 0 saturated carbocycles. The summed E-state index contributed by atoms with van der Waals surface area (Å²) in [6.45, 7) is 6.11. The molecule has 4 nitrogen and oxygen atoms in total. The standard InChI is InChI=1S/C8H18BN2O2S/c1-6(2)14-11(9-13-4)5-8(10)7(3)12/h6,8H,5,10H2,1-4H3/t8-/m0/s1. The number of rotatable bonds is 7. The summed E-state index contributed by atoms with van der Waals surface area (Å²) in [4.78, 5) is 11.0. The van der Waals surface area contributed by atoms with Gasteiger partial charge in [-0.1, -0.05) is 25.8 Å². The fraction of sp³-hybridized carbons (Fsp3) is 0.875. The van der Waals surface area contributed by atoms with Crippen molar-refractivity contribution in [3.05, 3.63) is 0 Å². The first-order valence-electron chi connectivity index (χ1n) is 4.53. The van der Waals surface area contributed by atoms with Crippen molar-refractivity contribution in [2.45, 2.75) is 32.1 Å². The van der Waals surface area contributed by atoms with Crippen molar-refractivity contribution in [1.82, 2.24) is 4.22 Å². The second kappa shape index (κ2) is 7.28. The van der Waals surface area contributed by atoms with Gasteiger partial charge < -0.3 is 10.4 Å². The van der Waals surface area contributed by atoms with Crippen molar-refractivity contribution >= 4 is 25.3 Å². The molecule has 0 spiro atoms. The molecule has 1 atom stereocenters. The summed E-state index contributed by atoms with van der Waals surface area (Å²) in [7, 11) is 3.15. The van der Waals surface area contributed by atoms with Gasteiger partial charge in [-0.15, -0.1) is 0 Å². The number of carbonyl (C=O) groups excluding carboxylic acids is 1. The average molecular weight is 217 g/mol. The fourth-order valence-corrected chi connectivity index (χ4v) is 1.75. The second-order valence-electron chi connectivity index (χ2n) is 3.31. The van der Waals surface area contributed by atoms with Crippen LogP contribution in [0.25, 0.3) is 0 Å². The first-order chi connectivity index (χ1) is 6.47. The molecule has 0 aromatic carbocycles. The summed E-state index contributed by atoms with van der Waals surface area (Å²) in [5.74, 6) is -0.0103. The molecular weight excluding hydrogens is 199 g/mol. The molecule has 0 heterocycles. The number of hydrogen-bond donors (Lipinski definition) is 1. The minimum Gasteiger partial charge on any atom is -0.426 e. The number of nitrogens with zero attached hydrogens (tertiary/aromatic N) is 1. The van der Waals surface area contributed by atoms with Gasteiger partial charge in [-0.25, -0.2) is 0 Å². The number of Topliss-reactive ketones (excluding diaryl/α,β-unsaturated/α-hetero) is 1. The van der Waals surface area contributed by atoms with Crippen molar-refractivity contribution in [2.24, 2.45) is 5.73 Å². The second-order valence-corrected chi connectivity index (χ2v) is 4.93. The molecule has 2 N–H and O–H groups in total. The van der Waals surface area contributed by atoms with Crippen LogP contribution in [-0.2, 0) is 9.45 Å². The molecule has 0 bridgehead atoms. The molecule has 0 aliphatic carbocycles. The maximum Gasteiger partial charge on any atom is 0.409 e. The smallest absolute Gasteiger partial charge is 0.409 e. The highest BCUT2D eigenvalue weighted by Crippen LogP contribution is 2.15. The lowest BCUT2D eigenvalue weighted by Gasteiger charge is -2.23. The van der Waals surface area contributed by atoms with E-state index in [-0.39, 0.29) is 5.78 Å². The summed E-state index contributed by atoms with van der Waals surface area (Å²) >= 11 is 1.59. The summed E-state index contributed by atoms with van der Waals surface area (Å²) < 4.78 is 6.74. The normalized spacial score (nSPS) is 13.4. The van der Waals surface area contributed by atoms with Gasteiger partial charge in [0, 0.05) is 18.9 Å². The number of nitrogens with two attached hydrogens (primary N) is 1. The molecule has 1 radical (unpaired) electrons. The lowest BCUT2D eigenvalue weighted by molar-refractivity contribution is -0.118. The molecule has 0 rings (SSSR count). The number of hydrogen-bond acceptors (Lipinski definition) is 5. The van der Waals surface area contributed by atoms with Crippen LogP contribution in [0.5, 0.6) is 0 Å². The molecule has 81 valence electrons. The Morgan fingerprint density at radius 3 is 2.57 bits per heavy atom. The van der Waals surface area contributed by atoms with E-state index in [1.54, 1.807) is 26.7 Å². The Labute approximate surface area is 91.0 Å². The molecule has 0 aliphatic rings. The van der Waals surface area contributed by atoms with Gasteiger partial charge in [0.1, 0.15) is 5.78 Å². The van der Waals surface area contributed by atoms with Gasteiger partial charge in [-0.2, -0.15) is 0 Å². The number of carbonyl (C=O) groups is 1. The van der Waals surface area contributed by atoms with Gasteiger partial charge in [0.2, 0.25) is 0 Å². The lowest BCUT2D eigenvalue weighted by atomic mass is 10.2. The van der Waals surface area contributed by atoms with Crippen LogP contribution in [0.3, 0.4) is 0 Å². The van der Waals surface area contributed by atoms with Gasteiger partial charge in [0.25, 0.3) is 0 Å². The van der Waals surface area contributed by atoms with E-state index in [9.17, 15) is 4.79 Å². The maximum atomic E-state index is 11.0. The van der Waals surface area contributed by atoms with E-state index in [1.807, 2.05) is 4.22 Å². The van der Waals surface area contributed by atoms with E-state index in [0.717, 1.165) is 0 Å². The van der Waals surface area contributed by atoms with Gasteiger partial charge in [-0.3, -0.25) is 9.01 Å². The molecule has 0 fully saturated rings. The SMILES string of the molecule is CO[B]N(C[C@H](N)C(C)=O)SC(C)C. The lowest BCUT2D eigenvalue weighted by Crippen LogP contribution is -2.41. The van der Waals surface area contributed by atoms with Gasteiger partial charge in [0.05, 0.1) is 6.04 Å². The Bertz CT molecular complexity index is 181. The van der Waals surface area contributed by atoms with Crippen molar-refractivity contribution < 1.29 is 9.45 Å². The zero-order valence-corrected chi connectivity index (χ0v) is 10.0. The minimum absolute atomic E-state index is 0.0103. The van der Waals surface area contributed by atoms with E-state index in [4.69, 9.17) is 10.4 Å². The van der Waals surface area contributed by atoms with Gasteiger partial charge in [0.15, 0.2) is 0 Å².